The Bertz CT molecular complexity index is 361. The highest BCUT2D eigenvalue weighted by Crippen LogP contribution is 2.23. The molecule has 0 N–H and O–H groups in total. The fourth-order valence-electron chi connectivity index (χ4n) is 1.40. The van der Waals surface area contributed by atoms with Crippen LogP contribution in [0.3, 0.4) is 0 Å². The number of rotatable bonds is 5. The summed E-state index contributed by atoms with van der Waals surface area (Å²) >= 11 is 0. The van der Waals surface area contributed by atoms with Crippen molar-refractivity contribution in [2.75, 3.05) is 0 Å². The molecule has 0 aromatic heterocycles. The molecule has 0 aliphatic carbocycles. The van der Waals surface area contributed by atoms with Gasteiger partial charge in [0.15, 0.2) is 11.6 Å². The summed E-state index contributed by atoms with van der Waals surface area (Å²) in [6.07, 6.45) is 3.34. The Morgan fingerprint density at radius 3 is 2.73 bits per heavy atom. The third-order valence-electron chi connectivity index (χ3n) is 2.23. The summed E-state index contributed by atoms with van der Waals surface area (Å²) in [5.41, 5.74) is 0.117. The van der Waals surface area contributed by atoms with E-state index in [1.807, 2.05) is 0 Å². The molecule has 0 heterocycles. The van der Waals surface area contributed by atoms with Crippen molar-refractivity contribution in [2.45, 2.75) is 18.8 Å². The summed E-state index contributed by atoms with van der Waals surface area (Å²) in [7, 11) is 0. The highest BCUT2D eigenvalue weighted by molar-refractivity contribution is 5.62. The molecule has 1 unspecified atom stereocenters. The lowest BCUT2D eigenvalue weighted by Crippen LogP contribution is -2.04. The number of carbonyl (C=O) groups is 1. The average molecular weight is 210 g/mol. The zero-order chi connectivity index (χ0) is 11.3. The molecule has 0 fully saturated rings. The predicted octanol–water partition coefficient (Wildman–Crippen LogP) is 3.21. The van der Waals surface area contributed by atoms with Gasteiger partial charge in [0.1, 0.15) is 6.29 Å². The zero-order valence-electron chi connectivity index (χ0n) is 8.25. The zero-order valence-corrected chi connectivity index (χ0v) is 8.25. The largest absolute Gasteiger partial charge is 0.303 e. The molecule has 0 amide bonds. The molecule has 1 atom stereocenters. The van der Waals surface area contributed by atoms with Crippen LogP contribution in [-0.2, 0) is 4.79 Å². The average Bonchev–Trinajstić information content (AvgIpc) is 2.25. The van der Waals surface area contributed by atoms with E-state index >= 15 is 0 Å². The van der Waals surface area contributed by atoms with E-state index in [-0.39, 0.29) is 5.56 Å². The van der Waals surface area contributed by atoms with E-state index in [0.29, 0.717) is 19.1 Å². The quantitative estimate of drug-likeness (QED) is 0.538. The molecule has 0 spiro atoms. The lowest BCUT2D eigenvalue weighted by Gasteiger charge is -2.10. The number of carbonyl (C=O) groups excluding carboxylic acids is 1. The van der Waals surface area contributed by atoms with E-state index in [2.05, 4.69) is 6.58 Å². The Labute approximate surface area is 87.4 Å². The van der Waals surface area contributed by atoms with Gasteiger partial charge in [-0.1, -0.05) is 18.2 Å². The molecule has 1 aromatic carbocycles. The highest BCUT2D eigenvalue weighted by Gasteiger charge is 2.16. The summed E-state index contributed by atoms with van der Waals surface area (Å²) in [5.74, 6) is -2.45. The summed E-state index contributed by atoms with van der Waals surface area (Å²) in [4.78, 5) is 10.8. The predicted molar refractivity (Wildman–Crippen MR) is 54.6 cm³/mol. The van der Waals surface area contributed by atoms with Crippen LogP contribution in [0.2, 0.25) is 0 Å². The summed E-state index contributed by atoms with van der Waals surface area (Å²) < 4.78 is 26.2. The maximum absolute atomic E-state index is 13.3. The number of benzene rings is 1. The van der Waals surface area contributed by atoms with E-state index in [1.54, 1.807) is 6.08 Å². The van der Waals surface area contributed by atoms with Crippen LogP contribution < -0.4 is 0 Å². The van der Waals surface area contributed by atoms with Gasteiger partial charge in [-0.2, -0.15) is 0 Å². The van der Waals surface area contributed by atoms with Gasteiger partial charge in [-0.3, -0.25) is 0 Å². The molecule has 80 valence electrons. The van der Waals surface area contributed by atoms with Gasteiger partial charge in [0.25, 0.3) is 0 Å². The van der Waals surface area contributed by atoms with E-state index in [9.17, 15) is 13.6 Å². The Morgan fingerprint density at radius 2 is 2.13 bits per heavy atom. The molecule has 0 saturated carbocycles. The lowest BCUT2D eigenvalue weighted by molar-refractivity contribution is -0.109. The number of hydrogen-bond donors (Lipinski definition) is 0. The maximum atomic E-state index is 13.3. The topological polar surface area (TPSA) is 17.1 Å². The van der Waals surface area contributed by atoms with Crippen molar-refractivity contribution in [3.8, 4) is 0 Å². The molecule has 3 heteroatoms. The van der Waals surface area contributed by atoms with Gasteiger partial charge in [0, 0.05) is 11.5 Å². The van der Waals surface area contributed by atoms with E-state index in [0.717, 1.165) is 6.07 Å². The molecule has 0 bridgehead atoms. The fourth-order valence-corrected chi connectivity index (χ4v) is 1.40. The third-order valence-corrected chi connectivity index (χ3v) is 2.23. The Hall–Kier alpha value is -1.51. The second kappa shape index (κ2) is 5.39. The third kappa shape index (κ3) is 2.72. The van der Waals surface area contributed by atoms with Crippen molar-refractivity contribution in [3.05, 3.63) is 48.1 Å². The number of aldehydes is 1. The van der Waals surface area contributed by atoms with Crippen LogP contribution >= 0.6 is 0 Å². The first-order valence-electron chi connectivity index (χ1n) is 4.70. The van der Waals surface area contributed by atoms with Crippen molar-refractivity contribution in [1.82, 2.24) is 0 Å². The van der Waals surface area contributed by atoms with Crippen LogP contribution in [0.15, 0.2) is 30.9 Å². The van der Waals surface area contributed by atoms with E-state index in [4.69, 9.17) is 0 Å². The van der Waals surface area contributed by atoms with Crippen molar-refractivity contribution >= 4 is 6.29 Å². The molecule has 0 radical (unpaired) electrons. The molecule has 0 aliphatic rings. The van der Waals surface area contributed by atoms with Crippen LogP contribution in [0, 0.1) is 11.6 Å². The number of allylic oxidation sites excluding steroid dienone is 1. The van der Waals surface area contributed by atoms with Crippen molar-refractivity contribution < 1.29 is 13.6 Å². The second-order valence-electron chi connectivity index (χ2n) is 3.25. The minimum atomic E-state index is -0.932. The van der Waals surface area contributed by atoms with Gasteiger partial charge >= 0.3 is 0 Å². The normalized spacial score (nSPS) is 12.1. The van der Waals surface area contributed by atoms with Gasteiger partial charge in [-0.25, -0.2) is 8.78 Å². The van der Waals surface area contributed by atoms with E-state index in [1.165, 1.54) is 12.1 Å². The fraction of sp³-hybridized carbons (Fsp3) is 0.250. The number of halogens is 2. The van der Waals surface area contributed by atoms with Crippen molar-refractivity contribution in [2.24, 2.45) is 0 Å². The first-order valence-corrected chi connectivity index (χ1v) is 4.70. The van der Waals surface area contributed by atoms with Crippen LogP contribution in [0.5, 0.6) is 0 Å². The molecule has 1 rings (SSSR count). The first kappa shape index (κ1) is 11.6. The van der Waals surface area contributed by atoms with Gasteiger partial charge in [-0.05, 0) is 18.9 Å². The van der Waals surface area contributed by atoms with E-state index < -0.39 is 17.6 Å². The molecule has 15 heavy (non-hydrogen) atoms. The van der Waals surface area contributed by atoms with Gasteiger partial charge in [0.05, 0.1) is 0 Å². The van der Waals surface area contributed by atoms with Crippen LogP contribution in [0.1, 0.15) is 24.3 Å². The SMILES string of the molecule is C=CCCC(C=O)c1cccc(F)c1F. The first-order chi connectivity index (χ1) is 7.20. The second-order valence-corrected chi connectivity index (χ2v) is 3.25. The molecule has 1 aromatic rings. The smallest absolute Gasteiger partial charge is 0.162 e. The van der Waals surface area contributed by atoms with Gasteiger partial charge in [0.2, 0.25) is 0 Å². The van der Waals surface area contributed by atoms with Crippen molar-refractivity contribution in [1.29, 1.82) is 0 Å². The molecular formula is C12H12F2O. The van der Waals surface area contributed by atoms with Crippen molar-refractivity contribution in [3.63, 3.8) is 0 Å². The summed E-state index contributed by atoms with van der Waals surface area (Å²) in [5, 5.41) is 0. The van der Waals surface area contributed by atoms with Crippen LogP contribution in [0.4, 0.5) is 8.78 Å². The molecule has 0 saturated heterocycles. The number of hydrogen-bond acceptors (Lipinski definition) is 1. The maximum Gasteiger partial charge on any atom is 0.162 e. The van der Waals surface area contributed by atoms with Crippen LogP contribution in [-0.4, -0.2) is 6.29 Å². The molecule has 1 nitrogen and oxygen atoms in total. The minimum absolute atomic E-state index is 0.117. The Balaban J connectivity index is 2.95. The highest BCUT2D eigenvalue weighted by atomic mass is 19.2. The summed E-state index contributed by atoms with van der Waals surface area (Å²) in [6, 6.07) is 3.87. The van der Waals surface area contributed by atoms with Gasteiger partial charge in [-0.15, -0.1) is 6.58 Å². The minimum Gasteiger partial charge on any atom is -0.303 e. The van der Waals surface area contributed by atoms with Crippen LogP contribution in [0.25, 0.3) is 0 Å². The summed E-state index contributed by atoms with van der Waals surface area (Å²) in [6.45, 7) is 3.52. The molecular weight excluding hydrogens is 198 g/mol. The van der Waals surface area contributed by atoms with Gasteiger partial charge < -0.3 is 4.79 Å². The monoisotopic (exact) mass is 210 g/mol. The molecule has 0 aliphatic heterocycles. The Kier molecular flexibility index (Phi) is 4.16. The standard InChI is InChI=1S/C12H12F2O/c1-2-3-5-9(8-15)10-6-4-7-11(13)12(10)14/h2,4,6-9H,1,3,5H2. The lowest BCUT2D eigenvalue weighted by atomic mass is 9.95. The Morgan fingerprint density at radius 1 is 1.40 bits per heavy atom.